The average Bonchev–Trinajstić information content (AvgIpc) is 3.33. The summed E-state index contributed by atoms with van der Waals surface area (Å²) in [6, 6.07) is 3.77. The van der Waals surface area contributed by atoms with Crippen LogP contribution in [0.25, 0.3) is 11.2 Å². The quantitative estimate of drug-likeness (QED) is 0.0959. The van der Waals surface area contributed by atoms with E-state index in [9.17, 15) is 40.9 Å². The molecule has 4 rings (SSSR count). The lowest BCUT2D eigenvalue weighted by molar-refractivity contribution is -0.183. The van der Waals surface area contributed by atoms with Gasteiger partial charge >= 0.3 is 6.18 Å². The number of aliphatic hydroxyl groups excluding tert-OH is 2. The largest absolute Gasteiger partial charge is 0.471 e. The van der Waals surface area contributed by atoms with Gasteiger partial charge in [0, 0.05) is 19.5 Å². The molecule has 0 amide bonds. The van der Waals surface area contributed by atoms with Gasteiger partial charge in [0.2, 0.25) is 11.8 Å². The Morgan fingerprint density at radius 1 is 1.07 bits per heavy atom. The summed E-state index contributed by atoms with van der Waals surface area (Å²) in [5, 5.41) is 28.5. The number of benzene rings is 1. The van der Waals surface area contributed by atoms with Crippen molar-refractivity contribution in [2.24, 2.45) is 5.92 Å². The Balaban J connectivity index is 1.56. The first-order valence-electron chi connectivity index (χ1n) is 13.4. The lowest BCUT2D eigenvalue weighted by Gasteiger charge is -2.32. The van der Waals surface area contributed by atoms with Crippen LogP contribution in [0.15, 0.2) is 18.2 Å². The van der Waals surface area contributed by atoms with E-state index in [-0.39, 0.29) is 76.5 Å². The first-order valence-corrected chi connectivity index (χ1v) is 14.1. The maximum atomic E-state index is 13.3. The maximum Gasteiger partial charge on any atom is 0.391 e. The molecule has 9 nitrogen and oxygen atoms in total. The Kier molecular flexibility index (Phi) is 10.7. The van der Waals surface area contributed by atoms with Gasteiger partial charge in [0.05, 0.1) is 32.7 Å². The predicted molar refractivity (Wildman–Crippen MR) is 148 cm³/mol. The highest BCUT2D eigenvalue weighted by atomic mass is 35.5. The Labute approximate surface area is 256 Å². The molecule has 0 radical (unpaired) electrons. The third-order valence-corrected chi connectivity index (χ3v) is 7.82. The molecule has 2 unspecified atom stereocenters. The van der Waals surface area contributed by atoms with Crippen LogP contribution in [0.1, 0.15) is 50.0 Å². The second kappa shape index (κ2) is 13.8. The van der Waals surface area contributed by atoms with Crippen LogP contribution in [0, 0.1) is 5.92 Å². The zero-order valence-electron chi connectivity index (χ0n) is 23.0. The highest BCUT2D eigenvalue weighted by Crippen LogP contribution is 2.39. The number of H-pyrrole nitrogens is 1. The van der Waals surface area contributed by atoms with E-state index >= 15 is 0 Å². The molecule has 3 aromatic rings. The Bertz CT molecular complexity index is 1430. The van der Waals surface area contributed by atoms with Crippen molar-refractivity contribution in [2.45, 2.75) is 76.2 Å². The highest BCUT2D eigenvalue weighted by Gasteiger charge is 2.41. The van der Waals surface area contributed by atoms with Crippen molar-refractivity contribution in [3.8, 4) is 5.88 Å². The van der Waals surface area contributed by atoms with Crippen molar-refractivity contribution in [3.05, 3.63) is 39.4 Å². The van der Waals surface area contributed by atoms with Gasteiger partial charge in [-0.2, -0.15) is 23.1 Å². The topological polar surface area (TPSA) is 127 Å². The molecule has 1 aliphatic carbocycles. The fourth-order valence-corrected chi connectivity index (χ4v) is 5.24. The lowest BCUT2D eigenvalue weighted by Crippen LogP contribution is -2.42. The summed E-state index contributed by atoms with van der Waals surface area (Å²) >= 11 is 12.7. The number of alkyl halides is 7. The van der Waals surface area contributed by atoms with Crippen molar-refractivity contribution < 1.29 is 45.7 Å². The van der Waals surface area contributed by atoms with Gasteiger partial charge in [0.25, 0.3) is 12.3 Å². The fourth-order valence-electron chi connectivity index (χ4n) is 4.71. The highest BCUT2D eigenvalue weighted by molar-refractivity contribution is 6.39. The van der Waals surface area contributed by atoms with Gasteiger partial charge < -0.3 is 25.3 Å². The average molecular weight is 677 g/mol. The third-order valence-electron chi connectivity index (χ3n) is 7.07. The van der Waals surface area contributed by atoms with E-state index in [4.69, 9.17) is 27.9 Å². The van der Waals surface area contributed by atoms with Crippen molar-refractivity contribution in [3.63, 3.8) is 0 Å². The standard InChI is InChI=1S/C26H29Cl2F7N6O3/c1-25(31,32)23(43)36-9-11-2-7-15(27)19(18(11)28)39-24-38-16-8-14(22(40-20(16)41-24)44-10-17(29)30)21(42)37-13-5-3-12(4-6-13)26(33,34)35/h2,7-8,12-13,17,21,23,36-37,42-43H,3-6,9-10H2,1H3,(H2,38,39,40,41). The molecule has 6 N–H and O–H groups in total. The molecule has 0 saturated heterocycles. The van der Waals surface area contributed by atoms with Crippen LogP contribution in [0.4, 0.5) is 42.4 Å². The first kappa shape index (κ1) is 34.2. The molecule has 1 aromatic carbocycles. The summed E-state index contributed by atoms with van der Waals surface area (Å²) in [5.74, 6) is -5.18. The summed E-state index contributed by atoms with van der Waals surface area (Å²) in [6.45, 7) is -0.743. The zero-order valence-corrected chi connectivity index (χ0v) is 24.5. The Morgan fingerprint density at radius 2 is 1.75 bits per heavy atom. The molecule has 0 spiro atoms. The van der Waals surface area contributed by atoms with Gasteiger partial charge in [0.15, 0.2) is 18.5 Å². The number of ether oxygens (including phenoxy) is 1. The first-order chi connectivity index (χ1) is 20.5. The van der Waals surface area contributed by atoms with Crippen LogP contribution in [0.3, 0.4) is 0 Å². The van der Waals surface area contributed by atoms with Crippen LogP contribution in [0.2, 0.25) is 10.0 Å². The van der Waals surface area contributed by atoms with Crippen LogP contribution in [-0.2, 0) is 6.54 Å². The molecule has 1 fully saturated rings. The van der Waals surface area contributed by atoms with Gasteiger partial charge in [0.1, 0.15) is 6.23 Å². The second-order valence-electron chi connectivity index (χ2n) is 10.5. The van der Waals surface area contributed by atoms with E-state index < -0.39 is 49.5 Å². The number of anilines is 2. The van der Waals surface area contributed by atoms with E-state index in [1.807, 2.05) is 0 Å². The van der Waals surface area contributed by atoms with Crippen LogP contribution in [-0.4, -0.2) is 62.6 Å². The maximum absolute atomic E-state index is 13.3. The molecule has 1 saturated carbocycles. The molecule has 2 heterocycles. The van der Waals surface area contributed by atoms with Crippen LogP contribution >= 0.6 is 23.2 Å². The van der Waals surface area contributed by atoms with Crippen molar-refractivity contribution in [1.82, 2.24) is 25.6 Å². The molecule has 18 heteroatoms. The van der Waals surface area contributed by atoms with Crippen molar-refractivity contribution in [2.75, 3.05) is 11.9 Å². The van der Waals surface area contributed by atoms with Gasteiger partial charge in [-0.25, -0.2) is 17.6 Å². The number of hydrogen-bond acceptors (Lipinski definition) is 8. The number of nitrogens with zero attached hydrogens (tertiary/aromatic N) is 2. The number of aliphatic hydroxyl groups is 2. The molecule has 0 bridgehead atoms. The van der Waals surface area contributed by atoms with Crippen molar-refractivity contribution >= 4 is 46.0 Å². The van der Waals surface area contributed by atoms with E-state index in [1.165, 1.54) is 18.2 Å². The Hall–Kier alpha value is -2.63. The van der Waals surface area contributed by atoms with E-state index in [0.29, 0.717) is 12.5 Å². The normalized spacial score (nSPS) is 19.4. The SMILES string of the molecule is CC(F)(F)C(O)NCc1ccc(Cl)c(Nc2nc3nc(OCC(F)F)c(C(O)NC4CCC(C(F)(F)F)CC4)cc3[nH]2)c1Cl. The van der Waals surface area contributed by atoms with E-state index in [0.717, 1.165) is 0 Å². The number of hydrogen-bond donors (Lipinski definition) is 6. The number of fused-ring (bicyclic) bond motifs is 1. The van der Waals surface area contributed by atoms with Crippen LogP contribution < -0.4 is 20.7 Å². The number of pyridine rings is 1. The number of aromatic nitrogens is 3. The van der Waals surface area contributed by atoms with Crippen LogP contribution in [0.5, 0.6) is 5.88 Å². The predicted octanol–water partition coefficient (Wildman–Crippen LogP) is 6.42. The summed E-state index contributed by atoms with van der Waals surface area (Å²) < 4.78 is 96.7. The summed E-state index contributed by atoms with van der Waals surface area (Å²) in [6.07, 6.45) is -10.8. The van der Waals surface area contributed by atoms with Crippen molar-refractivity contribution in [1.29, 1.82) is 0 Å². The van der Waals surface area contributed by atoms with Gasteiger partial charge in [-0.05, 0) is 43.4 Å². The third kappa shape index (κ3) is 8.54. The number of halogens is 9. The summed E-state index contributed by atoms with van der Waals surface area (Å²) in [4.78, 5) is 11.3. The minimum absolute atomic E-state index is 0.0169. The number of rotatable bonds is 12. The fraction of sp³-hybridized carbons (Fsp3) is 0.538. The molecule has 1 aliphatic rings. The Morgan fingerprint density at radius 3 is 2.36 bits per heavy atom. The number of aromatic amines is 1. The zero-order chi connectivity index (χ0) is 32.4. The van der Waals surface area contributed by atoms with E-state index in [1.54, 1.807) is 0 Å². The molecular formula is C26H29Cl2F7N6O3. The molecular weight excluding hydrogens is 648 g/mol. The van der Waals surface area contributed by atoms with Gasteiger partial charge in [-0.1, -0.05) is 29.3 Å². The minimum Gasteiger partial charge on any atom is -0.471 e. The second-order valence-corrected chi connectivity index (χ2v) is 11.2. The molecule has 2 atom stereocenters. The molecule has 2 aromatic heterocycles. The summed E-state index contributed by atoms with van der Waals surface area (Å²) in [7, 11) is 0. The molecule has 244 valence electrons. The minimum atomic E-state index is -4.30. The van der Waals surface area contributed by atoms with Gasteiger partial charge in [-0.15, -0.1) is 0 Å². The molecule has 44 heavy (non-hydrogen) atoms. The van der Waals surface area contributed by atoms with Gasteiger partial charge in [-0.3, -0.25) is 10.6 Å². The number of nitrogens with one attached hydrogen (secondary N) is 4. The lowest BCUT2D eigenvalue weighted by atomic mass is 9.85. The smallest absolute Gasteiger partial charge is 0.391 e. The summed E-state index contributed by atoms with van der Waals surface area (Å²) in [5.41, 5.74) is 0.569. The molecule has 0 aliphatic heterocycles. The van der Waals surface area contributed by atoms with E-state index in [2.05, 4.69) is 30.9 Å². The monoisotopic (exact) mass is 676 g/mol. The number of imidazole rings is 1.